The van der Waals surface area contributed by atoms with Gasteiger partial charge in [0, 0.05) is 0 Å². The summed E-state index contributed by atoms with van der Waals surface area (Å²) >= 11 is -0.150. The van der Waals surface area contributed by atoms with E-state index in [-0.39, 0.29) is 20.0 Å². The molecule has 0 spiro atoms. The number of halogens is 1. The Kier molecular flexibility index (Phi) is 3.60. The van der Waals surface area contributed by atoms with E-state index in [1.807, 2.05) is 18.2 Å². The van der Waals surface area contributed by atoms with E-state index in [0.29, 0.717) is 5.56 Å². The van der Waals surface area contributed by atoms with Gasteiger partial charge in [0.2, 0.25) is 0 Å². The molecule has 0 unspecified atom stereocenters. The van der Waals surface area contributed by atoms with Crippen molar-refractivity contribution in [2.75, 3.05) is 7.05 Å². The van der Waals surface area contributed by atoms with E-state index in [1.54, 1.807) is 13.1 Å². The van der Waals surface area contributed by atoms with Gasteiger partial charge >= 0.3 is 81.5 Å². The zero-order valence-electron chi connectivity index (χ0n) is 6.50. The van der Waals surface area contributed by atoms with E-state index in [0.717, 1.165) is 4.46 Å². The number of hydrogen-bond acceptors (Lipinski definition) is 1. The Morgan fingerprint density at radius 1 is 1.50 bits per heavy atom. The summed E-state index contributed by atoms with van der Waals surface area (Å²) in [6.45, 7) is 0. The molecule has 0 aromatic heterocycles. The van der Waals surface area contributed by atoms with Crippen LogP contribution < -0.4 is 9.78 Å². The number of hydrogen-bond donors (Lipinski definition) is 1. The van der Waals surface area contributed by atoms with E-state index in [4.69, 9.17) is 10.1 Å². The molecule has 1 amide bonds. The molecular weight excluding hydrogens is 241 g/mol. The Labute approximate surface area is 81.7 Å². The molecule has 0 radical (unpaired) electrons. The van der Waals surface area contributed by atoms with Gasteiger partial charge in [-0.2, -0.15) is 0 Å². The van der Waals surface area contributed by atoms with E-state index in [1.165, 1.54) is 0 Å². The summed E-state index contributed by atoms with van der Waals surface area (Å²) in [6, 6.07) is 7.36. The molecule has 0 heterocycles. The number of carbonyl (C=O) groups is 1. The molecule has 64 valence electrons. The van der Waals surface area contributed by atoms with Gasteiger partial charge in [-0.3, -0.25) is 0 Å². The maximum atomic E-state index is 11.2. The predicted molar refractivity (Wildman–Crippen MR) is 51.1 cm³/mol. The van der Waals surface area contributed by atoms with Crippen LogP contribution in [0.4, 0.5) is 0 Å². The van der Waals surface area contributed by atoms with E-state index < -0.39 is 0 Å². The molecule has 0 aliphatic heterocycles. The van der Waals surface area contributed by atoms with Gasteiger partial charge in [0.15, 0.2) is 0 Å². The van der Waals surface area contributed by atoms with Crippen LogP contribution in [0.2, 0.25) is 0 Å². The molecule has 0 atom stereocenters. The SMILES string of the molecule is CNC(=O)c1ccccc1[Se]Cl. The number of nitrogens with one attached hydrogen (secondary N) is 1. The van der Waals surface area contributed by atoms with Crippen LogP contribution in [0.3, 0.4) is 0 Å². The molecule has 2 nitrogen and oxygen atoms in total. The second-order valence-electron chi connectivity index (χ2n) is 2.15. The normalized spacial score (nSPS) is 9.50. The fraction of sp³-hybridized carbons (Fsp3) is 0.125. The van der Waals surface area contributed by atoms with Crippen LogP contribution in [-0.4, -0.2) is 27.0 Å². The van der Waals surface area contributed by atoms with Crippen molar-refractivity contribution >= 4 is 34.5 Å². The fourth-order valence-corrected chi connectivity index (χ4v) is 2.34. The molecule has 0 aliphatic carbocycles. The average molecular weight is 249 g/mol. The third-order valence-electron chi connectivity index (χ3n) is 1.44. The van der Waals surface area contributed by atoms with Crippen LogP contribution in [0.15, 0.2) is 24.3 Å². The average Bonchev–Trinajstić information content (AvgIpc) is 2.16. The third kappa shape index (κ3) is 2.01. The van der Waals surface area contributed by atoms with E-state index in [9.17, 15) is 4.79 Å². The topological polar surface area (TPSA) is 29.1 Å². The first-order chi connectivity index (χ1) is 5.79. The maximum absolute atomic E-state index is 11.2. The first-order valence-electron chi connectivity index (χ1n) is 3.39. The second kappa shape index (κ2) is 4.51. The summed E-state index contributed by atoms with van der Waals surface area (Å²) in [5.41, 5.74) is 0.676. The number of rotatable bonds is 2. The minimum absolute atomic E-state index is 0.0758. The Morgan fingerprint density at radius 3 is 2.75 bits per heavy atom. The molecule has 0 saturated carbocycles. The van der Waals surface area contributed by atoms with Crippen LogP contribution in [0.25, 0.3) is 0 Å². The Hall–Kier alpha value is -0.501. The molecule has 1 aromatic rings. The van der Waals surface area contributed by atoms with Gasteiger partial charge in [0.25, 0.3) is 0 Å². The fourth-order valence-electron chi connectivity index (χ4n) is 0.856. The van der Waals surface area contributed by atoms with Crippen LogP contribution in [0.5, 0.6) is 0 Å². The Bertz CT molecular complexity index is 290. The summed E-state index contributed by atoms with van der Waals surface area (Å²) in [5, 5.41) is 2.57. The Balaban J connectivity index is 3.04. The van der Waals surface area contributed by atoms with Crippen molar-refractivity contribution < 1.29 is 4.79 Å². The van der Waals surface area contributed by atoms with Crippen LogP contribution in [0, 0.1) is 0 Å². The van der Waals surface area contributed by atoms with Gasteiger partial charge in [-0.05, 0) is 0 Å². The second-order valence-corrected chi connectivity index (χ2v) is 4.20. The van der Waals surface area contributed by atoms with Gasteiger partial charge < -0.3 is 0 Å². The molecule has 12 heavy (non-hydrogen) atoms. The third-order valence-corrected chi connectivity index (χ3v) is 3.40. The molecular formula is C8H8ClNOSe. The molecule has 1 rings (SSSR count). The van der Waals surface area contributed by atoms with E-state index >= 15 is 0 Å². The quantitative estimate of drug-likeness (QED) is 0.760. The number of benzene rings is 1. The molecule has 1 aromatic carbocycles. The van der Waals surface area contributed by atoms with Crippen molar-refractivity contribution in [2.24, 2.45) is 0 Å². The summed E-state index contributed by atoms with van der Waals surface area (Å²) in [6.07, 6.45) is 0. The van der Waals surface area contributed by atoms with Gasteiger partial charge in [0.1, 0.15) is 0 Å². The summed E-state index contributed by atoms with van der Waals surface area (Å²) in [4.78, 5) is 11.2. The van der Waals surface area contributed by atoms with Crippen molar-refractivity contribution in [3.63, 3.8) is 0 Å². The predicted octanol–water partition coefficient (Wildman–Crippen LogP) is 0.530. The zero-order chi connectivity index (χ0) is 8.97. The van der Waals surface area contributed by atoms with Crippen LogP contribution >= 0.6 is 10.1 Å². The van der Waals surface area contributed by atoms with Gasteiger partial charge in [-0.1, -0.05) is 0 Å². The molecule has 4 heteroatoms. The van der Waals surface area contributed by atoms with Crippen LogP contribution in [0.1, 0.15) is 10.4 Å². The standard InChI is InChI=1S/C8H8ClNOSe/c1-10-8(11)6-4-2-3-5-7(6)12-9/h2-5H,1H3,(H,10,11). The molecule has 0 fully saturated rings. The first-order valence-corrected chi connectivity index (χ1v) is 6.50. The molecule has 1 N–H and O–H groups in total. The van der Waals surface area contributed by atoms with Gasteiger partial charge in [-0.15, -0.1) is 0 Å². The van der Waals surface area contributed by atoms with E-state index in [2.05, 4.69) is 5.32 Å². The monoisotopic (exact) mass is 249 g/mol. The van der Waals surface area contributed by atoms with Gasteiger partial charge in [0.05, 0.1) is 0 Å². The van der Waals surface area contributed by atoms with Crippen molar-refractivity contribution in [3.05, 3.63) is 29.8 Å². The van der Waals surface area contributed by atoms with Crippen LogP contribution in [-0.2, 0) is 0 Å². The van der Waals surface area contributed by atoms with Crippen molar-refractivity contribution in [3.8, 4) is 0 Å². The van der Waals surface area contributed by atoms with Gasteiger partial charge in [-0.25, -0.2) is 0 Å². The van der Waals surface area contributed by atoms with Crippen molar-refractivity contribution in [2.45, 2.75) is 0 Å². The Morgan fingerprint density at radius 2 is 2.17 bits per heavy atom. The number of carbonyl (C=O) groups excluding carboxylic acids is 1. The summed E-state index contributed by atoms with van der Waals surface area (Å²) in [7, 11) is 7.33. The molecule has 0 saturated heterocycles. The molecule has 0 aliphatic rings. The van der Waals surface area contributed by atoms with Crippen molar-refractivity contribution in [1.82, 2.24) is 5.32 Å². The summed E-state index contributed by atoms with van der Waals surface area (Å²) < 4.78 is 0.922. The zero-order valence-corrected chi connectivity index (χ0v) is 8.97. The first kappa shape index (κ1) is 9.59. The number of amides is 1. The molecule has 0 bridgehead atoms. The van der Waals surface area contributed by atoms with Crippen molar-refractivity contribution in [1.29, 1.82) is 0 Å². The summed E-state index contributed by atoms with van der Waals surface area (Å²) in [5.74, 6) is -0.0758. The minimum atomic E-state index is -0.150.